The first-order valence-corrected chi connectivity index (χ1v) is 6.61. The smallest absolute Gasteiger partial charge is 0.322 e. The zero-order valence-corrected chi connectivity index (χ0v) is 12.2. The molecule has 5 N–H and O–H groups in total. The maximum atomic E-state index is 11.8. The van der Waals surface area contributed by atoms with E-state index in [4.69, 9.17) is 10.8 Å². The zero-order valence-electron chi connectivity index (χ0n) is 12.2. The first kappa shape index (κ1) is 18.4. The fourth-order valence-electron chi connectivity index (χ4n) is 2.19. The third-order valence-corrected chi connectivity index (χ3v) is 3.36. The summed E-state index contributed by atoms with van der Waals surface area (Å²) >= 11 is 0. The van der Waals surface area contributed by atoms with Gasteiger partial charge in [0.25, 0.3) is 0 Å². The predicted octanol–water partition coefficient (Wildman–Crippen LogP) is 0.432. The van der Waals surface area contributed by atoms with E-state index >= 15 is 0 Å². The van der Waals surface area contributed by atoms with E-state index in [0.717, 1.165) is 12.8 Å². The average Bonchev–Trinajstić information content (AvgIpc) is 2.32. The molecule has 0 spiro atoms. The van der Waals surface area contributed by atoms with Crippen LogP contribution in [0, 0.1) is 11.3 Å². The fourth-order valence-corrected chi connectivity index (χ4v) is 2.19. The lowest BCUT2D eigenvalue weighted by Crippen LogP contribution is -2.53. The van der Waals surface area contributed by atoms with Gasteiger partial charge in [-0.1, -0.05) is 33.6 Å². The molecular formula is C13H24N2O5. The van der Waals surface area contributed by atoms with Crippen molar-refractivity contribution >= 4 is 17.8 Å². The van der Waals surface area contributed by atoms with Gasteiger partial charge in [-0.05, 0) is 11.8 Å². The second-order valence-electron chi connectivity index (χ2n) is 5.55. The van der Waals surface area contributed by atoms with Gasteiger partial charge < -0.3 is 21.3 Å². The third kappa shape index (κ3) is 5.56. The average molecular weight is 288 g/mol. The van der Waals surface area contributed by atoms with Crippen molar-refractivity contribution in [1.29, 1.82) is 0 Å². The van der Waals surface area contributed by atoms with Crippen molar-refractivity contribution in [3.8, 4) is 0 Å². The van der Waals surface area contributed by atoms with Gasteiger partial charge >= 0.3 is 11.9 Å². The molecule has 0 saturated carbocycles. The third-order valence-electron chi connectivity index (χ3n) is 3.36. The normalized spacial score (nSPS) is 14.4. The summed E-state index contributed by atoms with van der Waals surface area (Å²) in [7, 11) is 0. The molecule has 7 heteroatoms. The molecule has 0 aliphatic rings. The minimum Gasteiger partial charge on any atom is -0.481 e. The van der Waals surface area contributed by atoms with Crippen LogP contribution in [-0.2, 0) is 14.4 Å². The minimum atomic E-state index is -1.28. The Kier molecular flexibility index (Phi) is 7.20. The van der Waals surface area contributed by atoms with Crippen molar-refractivity contribution in [2.75, 3.05) is 6.54 Å². The molecule has 0 bridgehead atoms. The Labute approximate surface area is 118 Å². The van der Waals surface area contributed by atoms with Gasteiger partial charge in [-0.25, -0.2) is 0 Å². The van der Waals surface area contributed by atoms with Crippen LogP contribution < -0.4 is 11.1 Å². The van der Waals surface area contributed by atoms with Crippen molar-refractivity contribution in [2.45, 2.75) is 46.1 Å². The lowest BCUT2D eigenvalue weighted by molar-refractivity contribution is -0.150. The molecule has 116 valence electrons. The molecule has 7 nitrogen and oxygen atoms in total. The van der Waals surface area contributed by atoms with Crippen LogP contribution in [0.1, 0.15) is 40.0 Å². The molecular weight excluding hydrogens is 264 g/mol. The highest BCUT2D eigenvalue weighted by Crippen LogP contribution is 2.34. The van der Waals surface area contributed by atoms with Crippen molar-refractivity contribution in [2.24, 2.45) is 17.1 Å². The van der Waals surface area contributed by atoms with E-state index in [9.17, 15) is 19.5 Å². The molecule has 1 amide bonds. The molecule has 0 aromatic rings. The number of hydrogen-bond donors (Lipinski definition) is 4. The Morgan fingerprint density at radius 2 is 1.80 bits per heavy atom. The summed E-state index contributed by atoms with van der Waals surface area (Å²) in [5, 5.41) is 19.9. The summed E-state index contributed by atoms with van der Waals surface area (Å²) in [5.74, 6) is -4.18. The molecule has 0 saturated heterocycles. The highest BCUT2D eigenvalue weighted by atomic mass is 16.4. The quantitative estimate of drug-likeness (QED) is 0.487. The lowest BCUT2D eigenvalue weighted by atomic mass is 9.71. The van der Waals surface area contributed by atoms with Gasteiger partial charge in [0.2, 0.25) is 5.91 Å². The summed E-state index contributed by atoms with van der Waals surface area (Å²) in [6, 6.07) is -1.28. The number of carbonyl (C=O) groups excluding carboxylic acids is 1. The standard InChI is InChI=1S/C13H24N2O5/c1-4-5-6-13(2,3)9(12(19)20)10(14)11(18)15-7-8(16)17/h9-10H,4-7,14H2,1-3H3,(H,15,18)(H,16,17)(H,19,20)/t9?,10-/m0/s1. The van der Waals surface area contributed by atoms with Gasteiger partial charge in [-0.2, -0.15) is 0 Å². The Hall–Kier alpha value is -1.63. The van der Waals surface area contributed by atoms with Crippen LogP contribution in [0.15, 0.2) is 0 Å². The lowest BCUT2D eigenvalue weighted by Gasteiger charge is -2.34. The highest BCUT2D eigenvalue weighted by molar-refractivity contribution is 5.89. The number of unbranched alkanes of at least 4 members (excludes halogenated alkanes) is 1. The molecule has 0 fully saturated rings. The van der Waals surface area contributed by atoms with Crippen LogP contribution in [0.5, 0.6) is 0 Å². The van der Waals surface area contributed by atoms with Crippen LogP contribution in [-0.4, -0.2) is 40.6 Å². The molecule has 0 rings (SSSR count). The van der Waals surface area contributed by atoms with E-state index in [1.54, 1.807) is 13.8 Å². The SMILES string of the molecule is CCCCC(C)(C)C(C(=O)O)[C@H](N)C(=O)NCC(=O)O. The Balaban J connectivity index is 4.93. The number of carboxylic acids is 2. The van der Waals surface area contributed by atoms with Gasteiger partial charge in [0.15, 0.2) is 0 Å². The van der Waals surface area contributed by atoms with Gasteiger partial charge in [-0.3, -0.25) is 14.4 Å². The largest absolute Gasteiger partial charge is 0.481 e. The van der Waals surface area contributed by atoms with E-state index in [-0.39, 0.29) is 0 Å². The van der Waals surface area contributed by atoms with E-state index in [1.807, 2.05) is 6.92 Å². The molecule has 0 heterocycles. The van der Waals surface area contributed by atoms with E-state index in [0.29, 0.717) is 6.42 Å². The number of carboxylic acid groups (broad SMARTS) is 2. The summed E-state index contributed by atoms with van der Waals surface area (Å²) < 4.78 is 0. The van der Waals surface area contributed by atoms with Crippen molar-refractivity contribution in [1.82, 2.24) is 5.32 Å². The number of nitrogens with two attached hydrogens (primary N) is 1. The number of nitrogens with one attached hydrogen (secondary N) is 1. The summed E-state index contributed by atoms with van der Waals surface area (Å²) in [6.45, 7) is 4.93. The number of aliphatic carboxylic acids is 2. The number of carbonyl (C=O) groups is 3. The van der Waals surface area contributed by atoms with Gasteiger partial charge in [0.1, 0.15) is 6.54 Å². The number of rotatable bonds is 9. The van der Waals surface area contributed by atoms with Crippen LogP contribution in [0.3, 0.4) is 0 Å². The number of hydrogen-bond acceptors (Lipinski definition) is 4. The summed E-state index contributed by atoms with van der Waals surface area (Å²) in [5.41, 5.74) is 5.07. The molecule has 2 atom stereocenters. The summed E-state index contributed by atoms with van der Waals surface area (Å²) in [6.07, 6.45) is 2.37. The minimum absolute atomic E-state index is 0.575. The molecule has 0 aliphatic heterocycles. The molecule has 0 aromatic heterocycles. The van der Waals surface area contributed by atoms with Crippen molar-refractivity contribution in [3.05, 3.63) is 0 Å². The van der Waals surface area contributed by atoms with Crippen LogP contribution >= 0.6 is 0 Å². The maximum Gasteiger partial charge on any atom is 0.322 e. The van der Waals surface area contributed by atoms with E-state index in [2.05, 4.69) is 5.32 Å². The van der Waals surface area contributed by atoms with Crippen LogP contribution in [0.25, 0.3) is 0 Å². The van der Waals surface area contributed by atoms with Crippen LogP contribution in [0.2, 0.25) is 0 Å². The molecule has 0 radical (unpaired) electrons. The summed E-state index contributed by atoms with van der Waals surface area (Å²) in [4.78, 5) is 33.6. The Morgan fingerprint density at radius 3 is 2.20 bits per heavy atom. The zero-order chi connectivity index (χ0) is 15.9. The van der Waals surface area contributed by atoms with Crippen molar-refractivity contribution < 1.29 is 24.6 Å². The topological polar surface area (TPSA) is 130 Å². The van der Waals surface area contributed by atoms with Gasteiger partial charge in [0.05, 0.1) is 12.0 Å². The molecule has 1 unspecified atom stereocenters. The maximum absolute atomic E-state index is 11.8. The number of amides is 1. The van der Waals surface area contributed by atoms with Gasteiger partial charge in [0, 0.05) is 0 Å². The van der Waals surface area contributed by atoms with Crippen LogP contribution in [0.4, 0.5) is 0 Å². The molecule has 20 heavy (non-hydrogen) atoms. The molecule has 0 aromatic carbocycles. The second-order valence-corrected chi connectivity index (χ2v) is 5.55. The highest BCUT2D eigenvalue weighted by Gasteiger charge is 2.42. The fraction of sp³-hybridized carbons (Fsp3) is 0.769. The van der Waals surface area contributed by atoms with Gasteiger partial charge in [-0.15, -0.1) is 0 Å². The first-order chi connectivity index (χ1) is 9.13. The first-order valence-electron chi connectivity index (χ1n) is 6.61. The van der Waals surface area contributed by atoms with E-state index < -0.39 is 41.8 Å². The Bertz CT molecular complexity index is 368. The molecule has 0 aliphatic carbocycles. The predicted molar refractivity (Wildman–Crippen MR) is 73.1 cm³/mol. The van der Waals surface area contributed by atoms with E-state index in [1.165, 1.54) is 0 Å². The second kappa shape index (κ2) is 7.84. The monoisotopic (exact) mass is 288 g/mol. The Morgan fingerprint density at radius 1 is 1.25 bits per heavy atom. The van der Waals surface area contributed by atoms with Crippen molar-refractivity contribution in [3.63, 3.8) is 0 Å².